The number of sulfonamides is 1. The third-order valence-electron chi connectivity index (χ3n) is 1.52. The highest BCUT2D eigenvalue weighted by Crippen LogP contribution is 2.29. The minimum absolute atomic E-state index is 0.255. The number of halogens is 7. The molecule has 0 radical (unpaired) electrons. The lowest BCUT2D eigenvalue weighted by molar-refractivity contribution is -0.0483. The van der Waals surface area contributed by atoms with Gasteiger partial charge < -0.3 is 0 Å². The molecule has 11 heteroatoms. The maximum Gasteiger partial charge on any atom is 0.511 e. The van der Waals surface area contributed by atoms with Crippen molar-refractivity contribution in [1.29, 1.82) is 0 Å². The predicted molar refractivity (Wildman–Crippen MR) is 78.4 cm³/mol. The molecule has 0 N–H and O–H groups in total. The Hall–Kier alpha value is 1.10. The van der Waals surface area contributed by atoms with E-state index in [9.17, 15) is 21.6 Å². The second kappa shape index (κ2) is 7.77. The third kappa shape index (κ3) is 5.61. The summed E-state index contributed by atoms with van der Waals surface area (Å²) in [7, 11) is -5.40. The molecule has 18 heavy (non-hydrogen) atoms. The fourth-order valence-corrected chi connectivity index (χ4v) is 2.92. The van der Waals surface area contributed by atoms with E-state index in [1.54, 1.807) is 0 Å². The highest BCUT2D eigenvalue weighted by molar-refractivity contribution is 9.14. The van der Waals surface area contributed by atoms with Gasteiger partial charge in [0.05, 0.1) is 0 Å². The summed E-state index contributed by atoms with van der Waals surface area (Å²) in [6.45, 7) is -0.883. The average Bonchev–Trinajstić information content (AvgIpc) is 2.25. The van der Waals surface area contributed by atoms with E-state index >= 15 is 0 Å². The molecule has 0 aliphatic heterocycles. The summed E-state index contributed by atoms with van der Waals surface area (Å²) in [6, 6.07) is 0. The predicted octanol–water partition coefficient (Wildman–Crippen LogP) is 4.40. The molecule has 3 nitrogen and oxygen atoms in total. The lowest BCUT2D eigenvalue weighted by atomic mass is 10.5. The minimum atomic E-state index is -5.40. The second-order valence-electron chi connectivity index (χ2n) is 2.83. The van der Waals surface area contributed by atoms with Gasteiger partial charge in [0, 0.05) is 22.1 Å². The molecule has 0 aliphatic carbocycles. The van der Waals surface area contributed by atoms with Crippen LogP contribution in [0.25, 0.3) is 0 Å². The Morgan fingerprint density at radius 2 is 1.39 bits per heavy atom. The van der Waals surface area contributed by atoms with E-state index in [-0.39, 0.29) is 13.3 Å². The molecular formula is C7H6Br4F3NO2S. The molecular weight excluding hydrogens is 539 g/mol. The SMILES string of the molecule is O=S(=O)(N(CC(Br)=CBr)CC(Br)=CBr)C(F)(F)F. The maximum absolute atomic E-state index is 12.5. The largest absolute Gasteiger partial charge is 0.511 e. The van der Waals surface area contributed by atoms with E-state index in [1.165, 1.54) is 9.97 Å². The van der Waals surface area contributed by atoms with E-state index in [0.717, 1.165) is 0 Å². The van der Waals surface area contributed by atoms with Gasteiger partial charge in [0.25, 0.3) is 0 Å². The van der Waals surface area contributed by atoms with Crippen molar-refractivity contribution in [3.63, 3.8) is 0 Å². The Morgan fingerprint density at radius 3 is 1.61 bits per heavy atom. The molecule has 0 bridgehead atoms. The van der Waals surface area contributed by atoms with Crippen molar-refractivity contribution in [3.8, 4) is 0 Å². The van der Waals surface area contributed by atoms with Crippen LogP contribution in [0.5, 0.6) is 0 Å². The summed E-state index contributed by atoms with van der Waals surface area (Å²) in [4.78, 5) is 2.58. The van der Waals surface area contributed by atoms with Crippen LogP contribution in [0.1, 0.15) is 0 Å². The first-order valence-corrected chi connectivity index (χ1v) is 8.88. The van der Waals surface area contributed by atoms with E-state index in [4.69, 9.17) is 0 Å². The normalized spacial score (nSPS) is 15.3. The van der Waals surface area contributed by atoms with Crippen molar-refractivity contribution < 1.29 is 21.6 Å². The lowest BCUT2D eigenvalue weighted by Crippen LogP contribution is -2.41. The first-order valence-electron chi connectivity index (χ1n) is 4.02. The molecule has 0 unspecified atom stereocenters. The van der Waals surface area contributed by atoms with E-state index in [1.807, 2.05) is 0 Å². The average molecular weight is 545 g/mol. The second-order valence-corrected chi connectivity index (χ2v) is 7.71. The van der Waals surface area contributed by atoms with Crippen molar-refractivity contribution in [2.24, 2.45) is 0 Å². The van der Waals surface area contributed by atoms with Crippen molar-refractivity contribution >= 4 is 73.7 Å². The van der Waals surface area contributed by atoms with Crippen molar-refractivity contribution in [1.82, 2.24) is 4.31 Å². The molecule has 0 rings (SSSR count). The summed E-state index contributed by atoms with van der Waals surface area (Å²) < 4.78 is 60.9. The molecule has 0 heterocycles. The Bertz CT molecular complexity index is 426. The van der Waals surface area contributed by atoms with Gasteiger partial charge in [0.15, 0.2) is 0 Å². The molecule has 106 valence electrons. The number of hydrogen-bond acceptors (Lipinski definition) is 2. The summed E-state index contributed by atoms with van der Waals surface area (Å²) in [5.41, 5.74) is -5.34. The topological polar surface area (TPSA) is 37.4 Å². The smallest absolute Gasteiger partial charge is 0.203 e. The van der Waals surface area contributed by atoms with Crippen LogP contribution in [-0.2, 0) is 10.0 Å². The van der Waals surface area contributed by atoms with Crippen LogP contribution in [0, 0.1) is 0 Å². The monoisotopic (exact) mass is 541 g/mol. The lowest BCUT2D eigenvalue weighted by Gasteiger charge is -2.22. The van der Waals surface area contributed by atoms with Gasteiger partial charge in [-0.05, 0) is 9.97 Å². The molecule has 0 saturated carbocycles. The van der Waals surface area contributed by atoms with E-state index in [2.05, 4.69) is 63.7 Å². The zero-order valence-corrected chi connectivity index (χ0v) is 15.5. The van der Waals surface area contributed by atoms with Gasteiger partial charge in [0.1, 0.15) is 0 Å². The van der Waals surface area contributed by atoms with Crippen LogP contribution in [0.4, 0.5) is 13.2 Å². The van der Waals surface area contributed by atoms with Crippen LogP contribution >= 0.6 is 63.7 Å². The maximum atomic E-state index is 12.5. The third-order valence-corrected chi connectivity index (χ3v) is 6.34. The van der Waals surface area contributed by atoms with Gasteiger partial charge in [-0.3, -0.25) is 0 Å². The minimum Gasteiger partial charge on any atom is -0.203 e. The Balaban J connectivity index is 5.36. The van der Waals surface area contributed by atoms with E-state index < -0.39 is 28.6 Å². The summed E-state index contributed by atoms with van der Waals surface area (Å²) in [5, 5.41) is 0. The van der Waals surface area contributed by atoms with Gasteiger partial charge in [-0.1, -0.05) is 63.7 Å². The molecule has 0 spiro atoms. The van der Waals surface area contributed by atoms with Gasteiger partial charge >= 0.3 is 15.5 Å². The zero-order chi connectivity index (χ0) is 14.6. The van der Waals surface area contributed by atoms with Crippen LogP contribution in [-0.4, -0.2) is 31.3 Å². The highest BCUT2D eigenvalue weighted by Gasteiger charge is 2.50. The molecule has 0 atom stereocenters. The standard InChI is InChI=1S/C7H6Br4F3NO2S/c8-1-5(10)3-15(4-6(11)2-9)18(16,17)7(12,13)14/h1-2H,3-4H2. The van der Waals surface area contributed by atoms with Crippen molar-refractivity contribution in [2.75, 3.05) is 13.1 Å². The van der Waals surface area contributed by atoms with Gasteiger partial charge in [-0.2, -0.15) is 17.5 Å². The first kappa shape index (κ1) is 19.1. The molecule has 0 aromatic carbocycles. The Labute approximate surface area is 136 Å². The Morgan fingerprint density at radius 1 is 1.06 bits per heavy atom. The number of hydrogen-bond donors (Lipinski definition) is 0. The zero-order valence-electron chi connectivity index (χ0n) is 8.39. The summed E-state index contributed by atoms with van der Waals surface area (Å²) >= 11 is 11.7. The van der Waals surface area contributed by atoms with Crippen molar-refractivity contribution in [3.05, 3.63) is 18.9 Å². The van der Waals surface area contributed by atoms with Crippen LogP contribution < -0.4 is 0 Å². The summed E-state index contributed by atoms with van der Waals surface area (Å²) in [6.07, 6.45) is 0. The van der Waals surface area contributed by atoms with Crippen molar-refractivity contribution in [2.45, 2.75) is 5.51 Å². The van der Waals surface area contributed by atoms with Gasteiger partial charge in [0.2, 0.25) is 0 Å². The fraction of sp³-hybridized carbons (Fsp3) is 0.429. The summed E-state index contributed by atoms with van der Waals surface area (Å²) in [5.74, 6) is 0. The van der Waals surface area contributed by atoms with Crippen LogP contribution in [0.2, 0.25) is 0 Å². The molecule has 0 saturated heterocycles. The molecule has 0 aliphatic rings. The fourth-order valence-electron chi connectivity index (χ4n) is 0.778. The van der Waals surface area contributed by atoms with Crippen LogP contribution in [0.3, 0.4) is 0 Å². The van der Waals surface area contributed by atoms with E-state index in [0.29, 0.717) is 0 Å². The molecule has 0 fully saturated rings. The van der Waals surface area contributed by atoms with Gasteiger partial charge in [-0.15, -0.1) is 0 Å². The number of nitrogens with zero attached hydrogens (tertiary/aromatic N) is 1. The first-order chi connectivity index (χ1) is 8.06. The number of rotatable bonds is 5. The van der Waals surface area contributed by atoms with Gasteiger partial charge in [-0.25, -0.2) is 8.42 Å². The quantitative estimate of drug-likeness (QED) is 0.515. The highest BCUT2D eigenvalue weighted by atomic mass is 79.9. The Kier molecular flexibility index (Phi) is 8.24. The molecule has 0 aromatic rings. The number of alkyl halides is 3. The molecule has 0 aromatic heterocycles. The van der Waals surface area contributed by atoms with Crippen LogP contribution in [0.15, 0.2) is 18.9 Å². The molecule has 0 amide bonds.